The fourth-order valence-electron chi connectivity index (χ4n) is 8.15. The summed E-state index contributed by atoms with van der Waals surface area (Å²) in [6.07, 6.45) is 15.6. The minimum absolute atomic E-state index is 0.439. The van der Waals surface area contributed by atoms with Crippen molar-refractivity contribution in [3.05, 3.63) is 29.8 Å². The zero-order chi connectivity index (χ0) is 24.1. The van der Waals surface area contributed by atoms with E-state index in [4.69, 9.17) is 19.2 Å². The average molecular weight is 483 g/mol. The van der Waals surface area contributed by atoms with E-state index < -0.39 is 11.6 Å². The standard InChI is InChI=1S/C31H46O4/c1-29(2,3)13-5-4-6-16-32-28-9-7-24(8-10-28)25-11-14-30(15-12-25)33-31(35-34-30)26-18-22-17-23(20-26)21-27(31)19-22/h7-10,22-23,25-27H,4-6,11-21H2,1-3H3. The van der Waals surface area contributed by atoms with Crippen molar-refractivity contribution in [3.8, 4) is 5.75 Å². The molecule has 1 aromatic rings. The van der Waals surface area contributed by atoms with Gasteiger partial charge in [0.15, 0.2) is 0 Å². The molecule has 5 saturated carbocycles. The lowest BCUT2D eigenvalue weighted by Gasteiger charge is -2.57. The molecule has 4 nitrogen and oxygen atoms in total. The van der Waals surface area contributed by atoms with Crippen molar-refractivity contribution in [3.63, 3.8) is 0 Å². The summed E-state index contributed by atoms with van der Waals surface area (Å²) >= 11 is 0. The fraction of sp³-hybridized carbons (Fsp3) is 0.806. The molecule has 1 aliphatic heterocycles. The lowest BCUT2D eigenvalue weighted by molar-refractivity contribution is -0.390. The number of unbranched alkanes of at least 4 members (excludes halogenated alkanes) is 2. The highest BCUT2D eigenvalue weighted by atomic mass is 17.3. The first kappa shape index (κ1) is 24.2. The van der Waals surface area contributed by atoms with Crippen LogP contribution in [0.4, 0.5) is 0 Å². The van der Waals surface area contributed by atoms with Crippen LogP contribution in [0.2, 0.25) is 0 Å². The van der Waals surface area contributed by atoms with Gasteiger partial charge in [0.25, 0.3) is 0 Å². The quantitative estimate of drug-likeness (QED) is 0.290. The molecule has 0 radical (unpaired) electrons. The smallest absolute Gasteiger partial charge is 0.210 e. The summed E-state index contributed by atoms with van der Waals surface area (Å²) in [6, 6.07) is 8.85. The summed E-state index contributed by atoms with van der Waals surface area (Å²) in [5, 5.41) is 0. The van der Waals surface area contributed by atoms with Crippen LogP contribution in [0.1, 0.15) is 116 Å². The van der Waals surface area contributed by atoms with Gasteiger partial charge >= 0.3 is 0 Å². The van der Waals surface area contributed by atoms with Gasteiger partial charge in [-0.25, -0.2) is 0 Å². The molecule has 1 heterocycles. The minimum atomic E-state index is -0.512. The Balaban J connectivity index is 0.973. The van der Waals surface area contributed by atoms with E-state index in [-0.39, 0.29) is 0 Å². The number of benzene rings is 1. The molecular weight excluding hydrogens is 436 g/mol. The Labute approximate surface area is 212 Å². The van der Waals surface area contributed by atoms with Crippen LogP contribution >= 0.6 is 0 Å². The molecule has 0 aromatic heterocycles. The Bertz CT molecular complexity index is 833. The fourth-order valence-corrected chi connectivity index (χ4v) is 8.15. The van der Waals surface area contributed by atoms with Gasteiger partial charge in [-0.05, 0) is 98.7 Å². The summed E-state index contributed by atoms with van der Waals surface area (Å²) in [7, 11) is 0. The molecule has 4 bridgehead atoms. The van der Waals surface area contributed by atoms with Crippen molar-refractivity contribution in [2.45, 2.75) is 122 Å². The highest BCUT2D eigenvalue weighted by molar-refractivity contribution is 5.30. The third kappa shape index (κ3) is 4.92. The summed E-state index contributed by atoms with van der Waals surface area (Å²) in [5.41, 5.74) is 1.86. The normalized spacial score (nSPS) is 40.1. The van der Waals surface area contributed by atoms with Crippen molar-refractivity contribution in [1.29, 1.82) is 0 Å². The van der Waals surface area contributed by atoms with Crippen molar-refractivity contribution < 1.29 is 19.2 Å². The number of rotatable bonds is 7. The second-order valence-corrected chi connectivity index (χ2v) is 13.8. The van der Waals surface area contributed by atoms with Gasteiger partial charge in [0, 0.05) is 24.7 Å². The SMILES string of the molecule is CC(C)(C)CCCCCOc1ccc(C2CCC3(CC2)OOC2(O3)C3CC4CC(C3)CC2C4)cc1. The van der Waals surface area contributed by atoms with Crippen LogP contribution in [0, 0.1) is 29.1 Å². The van der Waals surface area contributed by atoms with Gasteiger partial charge in [-0.15, -0.1) is 0 Å². The van der Waals surface area contributed by atoms with E-state index in [2.05, 4.69) is 45.0 Å². The lowest BCUT2D eigenvalue weighted by Crippen LogP contribution is -2.59. The van der Waals surface area contributed by atoms with E-state index >= 15 is 0 Å². The summed E-state index contributed by atoms with van der Waals surface area (Å²) in [6.45, 7) is 7.77. The van der Waals surface area contributed by atoms with Crippen LogP contribution in [0.15, 0.2) is 24.3 Å². The number of hydrogen-bond donors (Lipinski definition) is 0. The molecule has 0 atom stereocenters. The average Bonchev–Trinajstić information content (AvgIpc) is 3.19. The van der Waals surface area contributed by atoms with E-state index in [1.165, 1.54) is 56.9 Å². The number of hydrogen-bond acceptors (Lipinski definition) is 4. The van der Waals surface area contributed by atoms with Crippen LogP contribution in [0.25, 0.3) is 0 Å². The third-order valence-corrected chi connectivity index (χ3v) is 9.88. The molecule has 5 aliphatic carbocycles. The predicted octanol–water partition coefficient (Wildman–Crippen LogP) is 8.16. The van der Waals surface area contributed by atoms with Crippen LogP contribution in [0.3, 0.4) is 0 Å². The topological polar surface area (TPSA) is 36.9 Å². The van der Waals surface area contributed by atoms with Gasteiger partial charge in [0.2, 0.25) is 11.6 Å². The molecule has 2 spiro atoms. The first-order valence-electron chi connectivity index (χ1n) is 14.6. The molecule has 7 rings (SSSR count). The molecule has 35 heavy (non-hydrogen) atoms. The molecule has 4 heteroatoms. The number of ether oxygens (including phenoxy) is 2. The maximum absolute atomic E-state index is 6.88. The summed E-state index contributed by atoms with van der Waals surface area (Å²) in [4.78, 5) is 12.3. The van der Waals surface area contributed by atoms with Gasteiger partial charge in [0.1, 0.15) is 5.75 Å². The zero-order valence-electron chi connectivity index (χ0n) is 22.2. The molecule has 194 valence electrons. The molecule has 1 saturated heterocycles. The molecule has 0 unspecified atom stereocenters. The lowest BCUT2D eigenvalue weighted by atomic mass is 9.53. The summed E-state index contributed by atoms with van der Waals surface area (Å²) < 4.78 is 12.9. The second kappa shape index (κ2) is 9.33. The Morgan fingerprint density at radius 3 is 2.11 bits per heavy atom. The Morgan fingerprint density at radius 1 is 0.829 bits per heavy atom. The molecule has 6 fully saturated rings. The van der Waals surface area contributed by atoms with Crippen molar-refractivity contribution in [2.24, 2.45) is 29.1 Å². The monoisotopic (exact) mass is 482 g/mol. The maximum Gasteiger partial charge on any atom is 0.210 e. The Kier molecular flexibility index (Phi) is 6.46. The van der Waals surface area contributed by atoms with Gasteiger partial charge in [-0.1, -0.05) is 45.7 Å². The van der Waals surface area contributed by atoms with Crippen molar-refractivity contribution in [1.82, 2.24) is 0 Å². The van der Waals surface area contributed by atoms with E-state index in [1.54, 1.807) is 0 Å². The van der Waals surface area contributed by atoms with Crippen LogP contribution in [-0.4, -0.2) is 18.2 Å². The Hall–Kier alpha value is -1.10. The van der Waals surface area contributed by atoms with Crippen molar-refractivity contribution >= 4 is 0 Å². The second-order valence-electron chi connectivity index (χ2n) is 13.8. The molecule has 0 N–H and O–H groups in total. The van der Waals surface area contributed by atoms with Gasteiger partial charge < -0.3 is 9.47 Å². The van der Waals surface area contributed by atoms with E-state index in [0.29, 0.717) is 23.2 Å². The van der Waals surface area contributed by atoms with E-state index in [1.807, 2.05) is 0 Å². The predicted molar refractivity (Wildman–Crippen MR) is 137 cm³/mol. The molecule has 0 amide bonds. The zero-order valence-corrected chi connectivity index (χ0v) is 22.2. The highest BCUT2D eigenvalue weighted by Crippen LogP contribution is 2.64. The largest absolute Gasteiger partial charge is 0.494 e. The Morgan fingerprint density at radius 2 is 1.49 bits per heavy atom. The maximum atomic E-state index is 6.88. The summed E-state index contributed by atoms with van der Waals surface area (Å²) in [5.74, 6) is 3.51. The molecule has 1 aromatic carbocycles. The van der Waals surface area contributed by atoms with Crippen LogP contribution in [-0.2, 0) is 14.5 Å². The van der Waals surface area contributed by atoms with Crippen molar-refractivity contribution in [2.75, 3.05) is 6.61 Å². The highest BCUT2D eigenvalue weighted by Gasteiger charge is 2.66. The first-order chi connectivity index (χ1) is 16.8. The van der Waals surface area contributed by atoms with Crippen LogP contribution in [0.5, 0.6) is 5.75 Å². The van der Waals surface area contributed by atoms with Gasteiger partial charge in [-0.3, -0.25) is 0 Å². The van der Waals surface area contributed by atoms with E-state index in [0.717, 1.165) is 56.3 Å². The minimum Gasteiger partial charge on any atom is -0.494 e. The molecule has 6 aliphatic rings. The van der Waals surface area contributed by atoms with Gasteiger partial charge in [0.05, 0.1) is 6.61 Å². The third-order valence-electron chi connectivity index (χ3n) is 9.88. The van der Waals surface area contributed by atoms with Gasteiger partial charge in [-0.2, -0.15) is 9.78 Å². The molecular formula is C31H46O4. The van der Waals surface area contributed by atoms with E-state index in [9.17, 15) is 0 Å². The first-order valence-corrected chi connectivity index (χ1v) is 14.6. The van der Waals surface area contributed by atoms with Crippen LogP contribution < -0.4 is 4.74 Å².